The smallest absolute Gasteiger partial charge is 0.471 e. The molecule has 25 heavy (non-hydrogen) atoms. The summed E-state index contributed by atoms with van der Waals surface area (Å²) in [4.78, 5) is 22.0. The van der Waals surface area contributed by atoms with Crippen LogP contribution in [0, 0.1) is 0 Å². The maximum Gasteiger partial charge on any atom is 0.471 e. The van der Waals surface area contributed by atoms with E-state index in [0.717, 1.165) is 0 Å². The maximum absolute atomic E-state index is 12.3. The van der Waals surface area contributed by atoms with Crippen LogP contribution in [0.3, 0.4) is 0 Å². The van der Waals surface area contributed by atoms with Gasteiger partial charge in [-0.1, -0.05) is 6.07 Å². The van der Waals surface area contributed by atoms with Gasteiger partial charge in [0.05, 0.1) is 26.9 Å². The molecule has 0 aromatic heterocycles. The summed E-state index contributed by atoms with van der Waals surface area (Å²) in [5.41, 5.74) is 0.427. The van der Waals surface area contributed by atoms with Gasteiger partial charge in [0.15, 0.2) is 11.5 Å². The second-order valence-corrected chi connectivity index (χ2v) is 5.13. The van der Waals surface area contributed by atoms with E-state index in [0.29, 0.717) is 23.5 Å². The number of carbonyl (C=O) groups is 2. The normalized spacial score (nSPS) is 12.2. The zero-order valence-corrected chi connectivity index (χ0v) is 14.1. The lowest BCUT2D eigenvalue weighted by Crippen LogP contribution is -2.38. The van der Waals surface area contributed by atoms with E-state index in [1.54, 1.807) is 0 Å². The molecule has 1 amide bonds. The number of amides is 1. The van der Waals surface area contributed by atoms with Gasteiger partial charge >= 0.3 is 18.1 Å². The molecule has 0 saturated carbocycles. The van der Waals surface area contributed by atoms with E-state index in [-0.39, 0.29) is 19.0 Å². The van der Waals surface area contributed by atoms with Gasteiger partial charge in [-0.25, -0.2) is 0 Å². The summed E-state index contributed by atoms with van der Waals surface area (Å²) in [5, 5.41) is 1.87. The zero-order chi connectivity index (χ0) is 19.0. The Morgan fingerprint density at radius 2 is 1.88 bits per heavy atom. The van der Waals surface area contributed by atoms with Gasteiger partial charge < -0.3 is 19.5 Å². The Hall–Kier alpha value is -2.45. The number of hydrogen-bond donors (Lipinski definition) is 1. The van der Waals surface area contributed by atoms with Gasteiger partial charge in [-0.05, 0) is 31.0 Å². The number of halogens is 3. The van der Waals surface area contributed by atoms with Crippen molar-refractivity contribution in [3.05, 3.63) is 23.8 Å². The lowest BCUT2D eigenvalue weighted by molar-refractivity contribution is -0.174. The van der Waals surface area contributed by atoms with Gasteiger partial charge in [0.2, 0.25) is 0 Å². The molecule has 0 aliphatic rings. The summed E-state index contributed by atoms with van der Waals surface area (Å²) >= 11 is 0. The van der Waals surface area contributed by atoms with Crippen LogP contribution in [0.2, 0.25) is 0 Å². The lowest BCUT2D eigenvalue weighted by atomic mass is 10.1. The van der Waals surface area contributed by atoms with Crippen LogP contribution >= 0.6 is 0 Å². The first-order chi connectivity index (χ1) is 11.7. The highest BCUT2D eigenvalue weighted by Crippen LogP contribution is 2.31. The molecular weight excluding hydrogens is 343 g/mol. The number of alkyl halides is 3. The number of esters is 1. The SMILES string of the molecule is COC(=O)CCCOc1ccc(C(C)NC(=O)C(F)(F)F)cc1OC. The molecule has 1 N–H and O–H groups in total. The minimum Gasteiger partial charge on any atom is -0.493 e. The molecule has 0 saturated heterocycles. The Bertz CT molecular complexity index is 604. The Labute approximate surface area is 143 Å². The number of carbonyl (C=O) groups excluding carboxylic acids is 2. The van der Waals surface area contributed by atoms with E-state index < -0.39 is 18.1 Å². The van der Waals surface area contributed by atoms with Crippen molar-refractivity contribution in [2.24, 2.45) is 0 Å². The van der Waals surface area contributed by atoms with Crippen molar-refractivity contribution in [2.45, 2.75) is 32.0 Å². The number of methoxy groups -OCH3 is 2. The third kappa shape index (κ3) is 6.52. The second-order valence-electron chi connectivity index (χ2n) is 5.13. The van der Waals surface area contributed by atoms with Crippen LogP contribution in [0.1, 0.15) is 31.4 Å². The van der Waals surface area contributed by atoms with Crippen LogP contribution in [0.15, 0.2) is 18.2 Å². The fourth-order valence-corrected chi connectivity index (χ4v) is 1.94. The number of ether oxygens (including phenoxy) is 3. The van der Waals surface area contributed by atoms with Gasteiger partial charge in [0.1, 0.15) is 0 Å². The lowest BCUT2D eigenvalue weighted by Gasteiger charge is -2.18. The molecule has 1 aromatic carbocycles. The summed E-state index contributed by atoms with van der Waals surface area (Å²) in [7, 11) is 2.68. The van der Waals surface area contributed by atoms with E-state index in [1.807, 2.05) is 5.32 Å². The first-order valence-electron chi connectivity index (χ1n) is 7.44. The first-order valence-corrected chi connectivity index (χ1v) is 7.44. The van der Waals surface area contributed by atoms with Crippen LogP contribution < -0.4 is 14.8 Å². The van der Waals surface area contributed by atoms with Crippen LogP contribution in [0.25, 0.3) is 0 Å². The van der Waals surface area contributed by atoms with Gasteiger partial charge in [0.25, 0.3) is 0 Å². The fraction of sp³-hybridized carbons (Fsp3) is 0.500. The zero-order valence-electron chi connectivity index (χ0n) is 14.1. The molecule has 0 fully saturated rings. The third-order valence-corrected chi connectivity index (χ3v) is 3.30. The summed E-state index contributed by atoms with van der Waals surface area (Å²) < 4.78 is 52.1. The Balaban J connectivity index is 2.70. The Morgan fingerprint density at radius 3 is 2.44 bits per heavy atom. The van der Waals surface area contributed by atoms with Crippen molar-refractivity contribution in [1.29, 1.82) is 0 Å². The van der Waals surface area contributed by atoms with Crippen molar-refractivity contribution in [1.82, 2.24) is 5.32 Å². The predicted octanol–water partition coefficient (Wildman–Crippen LogP) is 2.77. The van der Waals surface area contributed by atoms with E-state index in [1.165, 1.54) is 39.3 Å². The summed E-state index contributed by atoms with van der Waals surface area (Å²) in [6.45, 7) is 1.67. The van der Waals surface area contributed by atoms with Crippen molar-refractivity contribution >= 4 is 11.9 Å². The molecule has 1 rings (SSSR count). The average Bonchev–Trinajstić information content (AvgIpc) is 2.57. The van der Waals surface area contributed by atoms with Crippen LogP contribution in [-0.4, -0.2) is 38.9 Å². The molecule has 0 radical (unpaired) electrons. The minimum atomic E-state index is -4.94. The van der Waals surface area contributed by atoms with Gasteiger partial charge in [-0.15, -0.1) is 0 Å². The van der Waals surface area contributed by atoms with Gasteiger partial charge in [-0.3, -0.25) is 9.59 Å². The van der Waals surface area contributed by atoms with Crippen LogP contribution in [-0.2, 0) is 14.3 Å². The Kier molecular flexibility index (Phi) is 7.53. The van der Waals surface area contributed by atoms with E-state index in [9.17, 15) is 22.8 Å². The molecule has 0 bridgehead atoms. The topological polar surface area (TPSA) is 73.9 Å². The molecule has 6 nitrogen and oxygen atoms in total. The molecule has 0 aliphatic carbocycles. The quantitative estimate of drug-likeness (QED) is 0.568. The molecule has 0 aliphatic heterocycles. The molecular formula is C16H20F3NO5. The fourth-order valence-electron chi connectivity index (χ4n) is 1.94. The second kappa shape index (κ2) is 9.14. The highest BCUT2D eigenvalue weighted by Gasteiger charge is 2.39. The number of benzene rings is 1. The standard InChI is InChI=1S/C16H20F3NO5/c1-10(20-15(22)16(17,18)19)11-6-7-12(13(9-11)23-2)25-8-4-5-14(21)24-3/h6-7,9-10H,4-5,8H2,1-3H3,(H,20,22). The number of nitrogens with one attached hydrogen (secondary N) is 1. The van der Waals surface area contributed by atoms with Crippen molar-refractivity contribution in [3.63, 3.8) is 0 Å². The predicted molar refractivity (Wildman–Crippen MR) is 82.4 cm³/mol. The van der Waals surface area contributed by atoms with Crippen molar-refractivity contribution in [3.8, 4) is 11.5 Å². The highest BCUT2D eigenvalue weighted by atomic mass is 19.4. The maximum atomic E-state index is 12.3. The molecule has 1 atom stereocenters. The molecule has 9 heteroatoms. The van der Waals surface area contributed by atoms with E-state index >= 15 is 0 Å². The summed E-state index contributed by atoms with van der Waals surface area (Å²) in [5.74, 6) is -1.67. The minimum absolute atomic E-state index is 0.206. The van der Waals surface area contributed by atoms with Crippen LogP contribution in [0.4, 0.5) is 13.2 Å². The first kappa shape index (κ1) is 20.6. The molecule has 140 valence electrons. The van der Waals surface area contributed by atoms with E-state index in [4.69, 9.17) is 9.47 Å². The molecule has 0 heterocycles. The monoisotopic (exact) mass is 363 g/mol. The number of hydrogen-bond acceptors (Lipinski definition) is 5. The Morgan fingerprint density at radius 1 is 1.20 bits per heavy atom. The van der Waals surface area contributed by atoms with Crippen LogP contribution in [0.5, 0.6) is 11.5 Å². The van der Waals surface area contributed by atoms with Gasteiger partial charge in [0, 0.05) is 6.42 Å². The highest BCUT2D eigenvalue weighted by molar-refractivity contribution is 5.82. The average molecular weight is 363 g/mol. The van der Waals surface area contributed by atoms with E-state index in [2.05, 4.69) is 4.74 Å². The van der Waals surface area contributed by atoms with Crippen molar-refractivity contribution < 1.29 is 37.0 Å². The van der Waals surface area contributed by atoms with Crippen molar-refractivity contribution in [2.75, 3.05) is 20.8 Å². The summed E-state index contributed by atoms with van der Waals surface area (Å²) in [6.07, 6.45) is -4.30. The number of rotatable bonds is 8. The molecule has 1 aromatic rings. The molecule has 1 unspecified atom stereocenters. The largest absolute Gasteiger partial charge is 0.493 e. The summed E-state index contributed by atoms with van der Waals surface area (Å²) in [6, 6.07) is 3.68. The molecule has 0 spiro atoms. The van der Waals surface area contributed by atoms with Gasteiger partial charge in [-0.2, -0.15) is 13.2 Å². The third-order valence-electron chi connectivity index (χ3n) is 3.30.